The van der Waals surface area contributed by atoms with Crippen LogP contribution in [-0.2, 0) is 11.3 Å². The smallest absolute Gasteiger partial charge is 0.212 e. The number of ether oxygens (including phenoxy) is 1. The number of phenols is 1. The lowest BCUT2D eigenvalue weighted by Gasteiger charge is -2.38. The molecule has 1 N–H and O–H groups in total. The Morgan fingerprint density at radius 3 is 2.71 bits per heavy atom. The van der Waals surface area contributed by atoms with Crippen LogP contribution in [0.5, 0.6) is 5.75 Å². The molecule has 2 aliphatic heterocycles. The molecule has 0 radical (unpaired) electrons. The van der Waals surface area contributed by atoms with Crippen molar-refractivity contribution < 1.29 is 14.2 Å². The summed E-state index contributed by atoms with van der Waals surface area (Å²) < 4.78 is 20.5. The number of rotatable bonds is 5. The van der Waals surface area contributed by atoms with Gasteiger partial charge in [-0.3, -0.25) is 4.90 Å². The Labute approximate surface area is 194 Å². The zero-order valence-electron chi connectivity index (χ0n) is 18.4. The lowest BCUT2D eigenvalue weighted by molar-refractivity contribution is 0.0919. The zero-order valence-corrected chi connectivity index (χ0v) is 18.4. The molecule has 1 aromatic carbocycles. The third-order valence-electron chi connectivity index (χ3n) is 6.20. The molecule has 5 heterocycles. The maximum atomic E-state index is 13.1. The second-order valence-corrected chi connectivity index (χ2v) is 8.56. The van der Waals surface area contributed by atoms with Crippen molar-refractivity contribution in [2.24, 2.45) is 0 Å². The first-order valence-corrected chi connectivity index (χ1v) is 11.2. The molecule has 6 rings (SSSR count). The molecular formula is C23H23FN8O2. The molecule has 2 saturated heterocycles. The summed E-state index contributed by atoms with van der Waals surface area (Å²) in [5.41, 5.74) is 3.02. The number of hydrogen-bond donors (Lipinski definition) is 1. The van der Waals surface area contributed by atoms with E-state index in [-0.39, 0.29) is 11.8 Å². The fraction of sp³-hybridized carbons (Fsp3) is 0.348. The molecule has 0 aliphatic carbocycles. The van der Waals surface area contributed by atoms with Gasteiger partial charge in [-0.2, -0.15) is 4.39 Å². The molecule has 0 atom stereocenters. The first-order chi connectivity index (χ1) is 16.6. The van der Waals surface area contributed by atoms with E-state index in [0.717, 1.165) is 30.0 Å². The van der Waals surface area contributed by atoms with Gasteiger partial charge < -0.3 is 14.7 Å². The van der Waals surface area contributed by atoms with E-state index < -0.39 is 5.95 Å². The second-order valence-electron chi connectivity index (χ2n) is 8.56. The van der Waals surface area contributed by atoms with Gasteiger partial charge in [0.2, 0.25) is 5.95 Å². The number of hydrogen-bond acceptors (Lipinski definition) is 9. The highest BCUT2D eigenvalue weighted by molar-refractivity contribution is 5.85. The number of halogens is 1. The fourth-order valence-electron chi connectivity index (χ4n) is 4.42. The van der Waals surface area contributed by atoms with Crippen molar-refractivity contribution in [3.8, 4) is 17.1 Å². The van der Waals surface area contributed by atoms with Crippen LogP contribution in [0.3, 0.4) is 0 Å². The number of morpholine rings is 1. The van der Waals surface area contributed by atoms with Gasteiger partial charge in [0.05, 0.1) is 19.3 Å². The van der Waals surface area contributed by atoms with Gasteiger partial charge in [0.15, 0.2) is 22.8 Å². The summed E-state index contributed by atoms with van der Waals surface area (Å²) in [6.07, 6.45) is 1.57. The number of aromatic hydroxyl groups is 1. The number of fused-ring (bicyclic) bond motifs is 1. The molecule has 0 amide bonds. The number of anilines is 1. The van der Waals surface area contributed by atoms with Crippen LogP contribution in [0, 0.1) is 5.95 Å². The molecule has 0 bridgehead atoms. The van der Waals surface area contributed by atoms with E-state index >= 15 is 0 Å². The monoisotopic (exact) mass is 462 g/mol. The highest BCUT2D eigenvalue weighted by Crippen LogP contribution is 2.31. The normalized spacial score (nSPS) is 17.3. The molecule has 0 saturated carbocycles. The Bertz CT molecular complexity index is 1320. The number of pyridine rings is 1. The van der Waals surface area contributed by atoms with E-state index in [0.29, 0.717) is 49.8 Å². The Hall–Kier alpha value is -3.70. The predicted molar refractivity (Wildman–Crippen MR) is 122 cm³/mol. The van der Waals surface area contributed by atoms with E-state index in [1.165, 1.54) is 6.07 Å². The van der Waals surface area contributed by atoms with Gasteiger partial charge in [-0.25, -0.2) is 19.6 Å². The number of benzene rings is 1. The minimum absolute atomic E-state index is 0.114. The van der Waals surface area contributed by atoms with Gasteiger partial charge in [-0.15, -0.1) is 5.10 Å². The fourth-order valence-corrected chi connectivity index (χ4v) is 4.42. The summed E-state index contributed by atoms with van der Waals surface area (Å²) in [6.45, 7) is 4.90. The Morgan fingerprint density at radius 2 is 1.94 bits per heavy atom. The van der Waals surface area contributed by atoms with Crippen molar-refractivity contribution in [3.05, 3.63) is 54.1 Å². The van der Waals surface area contributed by atoms with Crippen LogP contribution in [0.25, 0.3) is 22.6 Å². The highest BCUT2D eigenvalue weighted by Gasteiger charge is 2.32. The van der Waals surface area contributed by atoms with E-state index in [2.05, 4.69) is 25.1 Å². The standard InChI is InChI=1S/C23H23FN8O2/c24-19-5-4-15(11-25-19)12-30-13-17(14-30)32-23-20(28-29-32)22(31-6-8-34-9-7-31)26-21(27-23)16-2-1-3-18(33)10-16/h1-5,10-11,17,33H,6-9,12-14H2. The zero-order chi connectivity index (χ0) is 23.1. The van der Waals surface area contributed by atoms with Crippen LogP contribution in [-0.4, -0.2) is 79.3 Å². The maximum Gasteiger partial charge on any atom is 0.212 e. The van der Waals surface area contributed by atoms with E-state index in [1.807, 2.05) is 10.7 Å². The molecule has 2 fully saturated rings. The lowest BCUT2D eigenvalue weighted by atomic mass is 10.1. The summed E-state index contributed by atoms with van der Waals surface area (Å²) in [6, 6.07) is 10.2. The van der Waals surface area contributed by atoms with E-state index in [9.17, 15) is 9.50 Å². The third-order valence-corrected chi connectivity index (χ3v) is 6.20. The van der Waals surface area contributed by atoms with Crippen molar-refractivity contribution in [1.29, 1.82) is 0 Å². The van der Waals surface area contributed by atoms with Crippen LogP contribution in [0.4, 0.5) is 10.2 Å². The number of phenolic OH excluding ortho intramolecular Hbond substituents is 1. The highest BCUT2D eigenvalue weighted by atomic mass is 19.1. The summed E-state index contributed by atoms with van der Waals surface area (Å²) in [5.74, 6) is 0.928. The molecule has 0 unspecified atom stereocenters. The summed E-state index contributed by atoms with van der Waals surface area (Å²) >= 11 is 0. The average Bonchev–Trinajstić information content (AvgIpc) is 3.26. The van der Waals surface area contributed by atoms with Gasteiger partial charge in [0.25, 0.3) is 0 Å². The topological polar surface area (TPSA) is 105 Å². The second kappa shape index (κ2) is 8.58. The van der Waals surface area contributed by atoms with E-state index in [1.54, 1.807) is 30.5 Å². The number of aromatic nitrogens is 6. The molecule has 3 aromatic heterocycles. The molecular weight excluding hydrogens is 439 g/mol. The molecule has 2 aliphatic rings. The van der Waals surface area contributed by atoms with Crippen LogP contribution < -0.4 is 4.90 Å². The van der Waals surface area contributed by atoms with Crippen molar-refractivity contribution in [2.45, 2.75) is 12.6 Å². The number of likely N-dealkylation sites (tertiary alicyclic amines) is 1. The number of nitrogens with zero attached hydrogens (tertiary/aromatic N) is 8. The SMILES string of the molecule is Oc1cccc(-c2nc(N3CCOCC3)c3nnn(C4CN(Cc5ccc(F)nc5)C4)c3n2)c1. The minimum Gasteiger partial charge on any atom is -0.508 e. The van der Waals surface area contributed by atoms with Crippen LogP contribution in [0.2, 0.25) is 0 Å². The van der Waals surface area contributed by atoms with E-state index in [4.69, 9.17) is 14.7 Å². The van der Waals surface area contributed by atoms with Crippen molar-refractivity contribution in [3.63, 3.8) is 0 Å². The Morgan fingerprint density at radius 1 is 1.09 bits per heavy atom. The third kappa shape index (κ3) is 3.93. The van der Waals surface area contributed by atoms with Gasteiger partial charge >= 0.3 is 0 Å². The molecule has 10 nitrogen and oxygen atoms in total. The first kappa shape index (κ1) is 20.9. The molecule has 174 valence electrons. The molecule has 0 spiro atoms. The first-order valence-electron chi connectivity index (χ1n) is 11.2. The maximum absolute atomic E-state index is 13.1. The van der Waals surface area contributed by atoms with Gasteiger partial charge in [0, 0.05) is 44.5 Å². The summed E-state index contributed by atoms with van der Waals surface area (Å²) in [4.78, 5) is 17.7. The Kier molecular flexibility index (Phi) is 5.27. The molecule has 4 aromatic rings. The van der Waals surface area contributed by atoms with Crippen LogP contribution in [0.1, 0.15) is 11.6 Å². The van der Waals surface area contributed by atoms with Gasteiger partial charge in [-0.1, -0.05) is 23.4 Å². The van der Waals surface area contributed by atoms with Crippen molar-refractivity contribution in [2.75, 3.05) is 44.3 Å². The average molecular weight is 462 g/mol. The van der Waals surface area contributed by atoms with Gasteiger partial charge in [-0.05, 0) is 23.8 Å². The largest absolute Gasteiger partial charge is 0.508 e. The van der Waals surface area contributed by atoms with Crippen molar-refractivity contribution in [1.82, 2.24) is 34.8 Å². The summed E-state index contributed by atoms with van der Waals surface area (Å²) in [7, 11) is 0. The quantitative estimate of drug-likeness (QED) is 0.446. The van der Waals surface area contributed by atoms with Gasteiger partial charge in [0.1, 0.15) is 5.75 Å². The minimum atomic E-state index is -0.474. The van der Waals surface area contributed by atoms with Crippen molar-refractivity contribution >= 4 is 17.0 Å². The van der Waals surface area contributed by atoms with Crippen LogP contribution in [0.15, 0.2) is 42.6 Å². The molecule has 34 heavy (non-hydrogen) atoms. The summed E-state index contributed by atoms with van der Waals surface area (Å²) in [5, 5.41) is 18.9. The Balaban J connectivity index is 1.32. The molecule has 11 heteroatoms. The lowest BCUT2D eigenvalue weighted by Crippen LogP contribution is -2.47. The van der Waals surface area contributed by atoms with Crippen LogP contribution >= 0.6 is 0 Å². The predicted octanol–water partition coefficient (Wildman–Crippen LogP) is 2.02.